The molecule has 1 aliphatic rings. The first kappa shape index (κ1) is 13.8. The average Bonchev–Trinajstić information content (AvgIpc) is 3.19. The van der Waals surface area contributed by atoms with Crippen molar-refractivity contribution in [3.63, 3.8) is 0 Å². The lowest BCUT2D eigenvalue weighted by molar-refractivity contribution is -0.123. The van der Waals surface area contributed by atoms with Crippen molar-refractivity contribution in [2.45, 2.75) is 32.4 Å². The second-order valence-corrected chi connectivity index (χ2v) is 4.64. The number of carbonyl (C=O) groups is 1. The minimum Gasteiger partial charge on any atom is -0.480 e. The zero-order valence-corrected chi connectivity index (χ0v) is 11.0. The number of para-hydroxylation sites is 1. The van der Waals surface area contributed by atoms with E-state index in [1.807, 2.05) is 6.92 Å². The molecule has 1 amide bonds. The molecule has 104 valence electrons. The zero-order chi connectivity index (χ0) is 13.7. The van der Waals surface area contributed by atoms with Crippen LogP contribution in [-0.4, -0.2) is 25.1 Å². The van der Waals surface area contributed by atoms with Gasteiger partial charge in [0.1, 0.15) is 0 Å². The summed E-state index contributed by atoms with van der Waals surface area (Å²) in [5.41, 5.74) is 0.723. The fourth-order valence-corrected chi connectivity index (χ4v) is 1.75. The fourth-order valence-electron chi connectivity index (χ4n) is 1.75. The smallest absolute Gasteiger partial charge is 0.258 e. The van der Waals surface area contributed by atoms with Gasteiger partial charge < -0.3 is 15.4 Å². The number of carbonyl (C=O) groups excluding carboxylic acids is 1. The largest absolute Gasteiger partial charge is 0.480 e. The SMILES string of the molecule is CCNCc1cccc(F)c1OCC(=O)NC1CC1. The van der Waals surface area contributed by atoms with Crippen LogP contribution in [0.25, 0.3) is 0 Å². The average molecular weight is 266 g/mol. The molecular formula is C14H19FN2O2. The van der Waals surface area contributed by atoms with Gasteiger partial charge in [0.25, 0.3) is 5.91 Å². The van der Waals surface area contributed by atoms with Crippen molar-refractivity contribution in [3.05, 3.63) is 29.6 Å². The Hall–Kier alpha value is -1.62. The van der Waals surface area contributed by atoms with Crippen molar-refractivity contribution in [2.75, 3.05) is 13.2 Å². The van der Waals surface area contributed by atoms with E-state index in [9.17, 15) is 9.18 Å². The lowest BCUT2D eigenvalue weighted by Gasteiger charge is -2.12. The molecule has 4 nitrogen and oxygen atoms in total. The summed E-state index contributed by atoms with van der Waals surface area (Å²) in [6.45, 7) is 3.14. The summed E-state index contributed by atoms with van der Waals surface area (Å²) in [4.78, 5) is 11.5. The van der Waals surface area contributed by atoms with Gasteiger partial charge >= 0.3 is 0 Å². The van der Waals surface area contributed by atoms with Crippen molar-refractivity contribution in [1.29, 1.82) is 0 Å². The standard InChI is InChI=1S/C14H19FN2O2/c1-2-16-8-10-4-3-5-12(15)14(10)19-9-13(18)17-11-6-7-11/h3-5,11,16H,2,6-9H2,1H3,(H,17,18). The van der Waals surface area contributed by atoms with Crippen LogP contribution in [-0.2, 0) is 11.3 Å². The molecule has 19 heavy (non-hydrogen) atoms. The van der Waals surface area contributed by atoms with Crippen LogP contribution < -0.4 is 15.4 Å². The highest BCUT2D eigenvalue weighted by Crippen LogP contribution is 2.23. The van der Waals surface area contributed by atoms with E-state index < -0.39 is 5.82 Å². The van der Waals surface area contributed by atoms with Crippen molar-refractivity contribution in [2.24, 2.45) is 0 Å². The molecule has 1 aromatic rings. The maximum Gasteiger partial charge on any atom is 0.258 e. The second kappa shape index (κ2) is 6.52. The van der Waals surface area contributed by atoms with Crippen LogP contribution in [0.4, 0.5) is 4.39 Å². The number of amides is 1. The Labute approximate surface area is 112 Å². The molecule has 2 N–H and O–H groups in total. The molecule has 0 unspecified atom stereocenters. The van der Waals surface area contributed by atoms with E-state index in [1.165, 1.54) is 6.07 Å². The van der Waals surface area contributed by atoms with E-state index in [2.05, 4.69) is 10.6 Å². The minimum absolute atomic E-state index is 0.142. The summed E-state index contributed by atoms with van der Waals surface area (Å²) in [6, 6.07) is 5.06. The minimum atomic E-state index is -0.436. The van der Waals surface area contributed by atoms with Crippen LogP contribution in [0.15, 0.2) is 18.2 Å². The van der Waals surface area contributed by atoms with E-state index in [-0.39, 0.29) is 24.3 Å². The summed E-state index contributed by atoms with van der Waals surface area (Å²) in [5.74, 6) is -0.468. The Kier molecular flexibility index (Phi) is 4.74. The number of hydrogen-bond donors (Lipinski definition) is 2. The Morgan fingerprint density at radius 1 is 1.47 bits per heavy atom. The molecule has 0 aliphatic heterocycles. The quantitative estimate of drug-likeness (QED) is 0.788. The lowest BCUT2D eigenvalue weighted by Crippen LogP contribution is -2.30. The predicted octanol–water partition coefficient (Wildman–Crippen LogP) is 1.59. The Bertz CT molecular complexity index is 447. The molecule has 5 heteroatoms. The van der Waals surface area contributed by atoms with E-state index in [4.69, 9.17) is 4.74 Å². The molecular weight excluding hydrogens is 247 g/mol. The summed E-state index contributed by atoms with van der Waals surface area (Å²) >= 11 is 0. The monoisotopic (exact) mass is 266 g/mol. The molecule has 0 aromatic heterocycles. The van der Waals surface area contributed by atoms with E-state index in [0.29, 0.717) is 6.54 Å². The van der Waals surface area contributed by atoms with E-state index in [1.54, 1.807) is 12.1 Å². The highest BCUT2D eigenvalue weighted by atomic mass is 19.1. The number of ether oxygens (including phenoxy) is 1. The van der Waals surface area contributed by atoms with Gasteiger partial charge in [-0.15, -0.1) is 0 Å². The van der Waals surface area contributed by atoms with Crippen molar-refractivity contribution in [1.82, 2.24) is 10.6 Å². The van der Waals surface area contributed by atoms with Gasteiger partial charge in [0.05, 0.1) is 0 Å². The number of rotatable bonds is 7. The van der Waals surface area contributed by atoms with Crippen molar-refractivity contribution >= 4 is 5.91 Å². The van der Waals surface area contributed by atoms with Gasteiger partial charge in [0.2, 0.25) is 0 Å². The normalized spacial score (nSPS) is 14.2. The van der Waals surface area contributed by atoms with Crippen LogP contribution in [0.1, 0.15) is 25.3 Å². The zero-order valence-electron chi connectivity index (χ0n) is 11.0. The molecule has 1 aliphatic carbocycles. The predicted molar refractivity (Wildman–Crippen MR) is 70.4 cm³/mol. The third kappa shape index (κ3) is 4.21. The van der Waals surface area contributed by atoms with E-state index >= 15 is 0 Å². The van der Waals surface area contributed by atoms with Crippen LogP contribution in [0.2, 0.25) is 0 Å². The fraction of sp³-hybridized carbons (Fsp3) is 0.500. The summed E-state index contributed by atoms with van der Waals surface area (Å²) in [7, 11) is 0. The summed E-state index contributed by atoms with van der Waals surface area (Å²) in [6.07, 6.45) is 2.05. The first-order chi connectivity index (χ1) is 9.20. The maximum absolute atomic E-state index is 13.7. The van der Waals surface area contributed by atoms with Crippen LogP contribution in [0.3, 0.4) is 0 Å². The second-order valence-electron chi connectivity index (χ2n) is 4.64. The summed E-state index contributed by atoms with van der Waals surface area (Å²) in [5, 5.41) is 5.92. The first-order valence-electron chi connectivity index (χ1n) is 6.61. The summed E-state index contributed by atoms with van der Waals surface area (Å²) < 4.78 is 19.0. The van der Waals surface area contributed by atoms with Gasteiger partial charge in [-0.1, -0.05) is 19.1 Å². The van der Waals surface area contributed by atoms with Gasteiger partial charge in [0.15, 0.2) is 18.2 Å². The molecule has 1 aromatic carbocycles. The maximum atomic E-state index is 13.7. The third-order valence-corrected chi connectivity index (χ3v) is 2.90. The van der Waals surface area contributed by atoms with Gasteiger partial charge in [-0.2, -0.15) is 0 Å². The molecule has 0 heterocycles. The van der Waals surface area contributed by atoms with Gasteiger partial charge in [0, 0.05) is 18.2 Å². The number of hydrogen-bond acceptors (Lipinski definition) is 3. The molecule has 0 radical (unpaired) electrons. The first-order valence-corrected chi connectivity index (χ1v) is 6.61. The lowest BCUT2D eigenvalue weighted by atomic mass is 10.2. The van der Waals surface area contributed by atoms with Gasteiger partial charge in [-0.05, 0) is 25.5 Å². The van der Waals surface area contributed by atoms with Crippen LogP contribution >= 0.6 is 0 Å². The van der Waals surface area contributed by atoms with Crippen LogP contribution in [0.5, 0.6) is 5.75 Å². The Morgan fingerprint density at radius 2 is 2.26 bits per heavy atom. The molecule has 0 bridgehead atoms. The molecule has 2 rings (SSSR count). The number of nitrogens with one attached hydrogen (secondary N) is 2. The molecule has 0 atom stereocenters. The Morgan fingerprint density at radius 3 is 2.95 bits per heavy atom. The number of halogens is 1. The topological polar surface area (TPSA) is 50.4 Å². The van der Waals surface area contributed by atoms with Gasteiger partial charge in [-0.25, -0.2) is 4.39 Å². The van der Waals surface area contributed by atoms with Crippen molar-refractivity contribution in [3.8, 4) is 5.75 Å². The molecule has 1 saturated carbocycles. The van der Waals surface area contributed by atoms with Crippen LogP contribution in [0, 0.1) is 5.82 Å². The molecule has 0 spiro atoms. The Balaban J connectivity index is 1.94. The molecule has 0 saturated heterocycles. The number of benzene rings is 1. The third-order valence-electron chi connectivity index (χ3n) is 2.90. The highest BCUT2D eigenvalue weighted by Gasteiger charge is 2.23. The highest BCUT2D eigenvalue weighted by molar-refractivity contribution is 5.78. The molecule has 1 fully saturated rings. The van der Waals surface area contributed by atoms with E-state index in [0.717, 1.165) is 24.9 Å². The van der Waals surface area contributed by atoms with Gasteiger partial charge in [-0.3, -0.25) is 4.79 Å². The van der Waals surface area contributed by atoms with Crippen molar-refractivity contribution < 1.29 is 13.9 Å².